The van der Waals surface area contributed by atoms with Gasteiger partial charge in [0.2, 0.25) is 5.96 Å². The minimum absolute atomic E-state index is 0.0355. The van der Waals surface area contributed by atoms with Gasteiger partial charge >= 0.3 is 11.9 Å². The van der Waals surface area contributed by atoms with Crippen molar-refractivity contribution in [1.29, 1.82) is 5.26 Å². The zero-order valence-corrected chi connectivity index (χ0v) is 25.7. The topological polar surface area (TPSA) is 159 Å². The normalized spacial score (nSPS) is 16.6. The maximum Gasteiger partial charge on any atom is 0.334 e. The van der Waals surface area contributed by atoms with Gasteiger partial charge in [-0.3, -0.25) is 10.3 Å². The number of nitrogens with zero attached hydrogens (tertiary/aromatic N) is 3. The summed E-state index contributed by atoms with van der Waals surface area (Å²) in [5.74, 6) is -2.96. The Kier molecular flexibility index (Phi) is 11.2. The van der Waals surface area contributed by atoms with Crippen LogP contribution in [0.25, 0.3) is 0 Å². The molecule has 0 bridgehead atoms. The number of guanidine groups is 1. The third-order valence-corrected chi connectivity index (χ3v) is 8.28. The quantitative estimate of drug-likeness (QED) is 0.0783. The van der Waals surface area contributed by atoms with Crippen LogP contribution in [0.5, 0.6) is 5.75 Å². The highest BCUT2D eigenvalue weighted by Crippen LogP contribution is 2.39. The van der Waals surface area contributed by atoms with Crippen LogP contribution in [0.4, 0.5) is 10.1 Å². The molecule has 0 amide bonds. The highest BCUT2D eigenvalue weighted by molar-refractivity contribution is 5.99. The van der Waals surface area contributed by atoms with Crippen LogP contribution in [0.3, 0.4) is 0 Å². The number of benzene rings is 2. The number of carboxylic acids is 2. The summed E-state index contributed by atoms with van der Waals surface area (Å²) in [6.07, 6.45) is 5.62. The first-order valence-corrected chi connectivity index (χ1v) is 14.9. The van der Waals surface area contributed by atoms with Crippen LogP contribution < -0.4 is 20.7 Å². The summed E-state index contributed by atoms with van der Waals surface area (Å²) >= 11 is 0. The van der Waals surface area contributed by atoms with Crippen LogP contribution in [0.15, 0.2) is 70.0 Å². The minimum Gasteiger partial charge on any atom is -0.497 e. The van der Waals surface area contributed by atoms with Gasteiger partial charge in [-0.15, -0.1) is 0 Å². The molecule has 0 aromatic heterocycles. The SMILES string of the molecule is COc1cccc(C2CCN(CCCCN=C(NC#N)Nc3cc(C4C(C(=O)O)=C(C)NC(C)=C4C(=O)O)ccc3F)CC2)c1. The van der Waals surface area contributed by atoms with Crippen LogP contribution in [0.1, 0.15) is 62.5 Å². The highest BCUT2D eigenvalue weighted by atomic mass is 19.1. The van der Waals surface area contributed by atoms with E-state index in [9.17, 15) is 29.5 Å². The van der Waals surface area contributed by atoms with Crippen molar-refractivity contribution in [1.82, 2.24) is 15.5 Å². The van der Waals surface area contributed by atoms with E-state index in [4.69, 9.17) is 4.74 Å². The smallest absolute Gasteiger partial charge is 0.334 e. The molecule has 2 heterocycles. The fourth-order valence-corrected chi connectivity index (χ4v) is 6.03. The fourth-order valence-electron chi connectivity index (χ4n) is 6.03. The zero-order chi connectivity index (χ0) is 32.5. The molecule has 0 spiro atoms. The molecule has 5 N–H and O–H groups in total. The lowest BCUT2D eigenvalue weighted by atomic mass is 9.80. The van der Waals surface area contributed by atoms with E-state index in [0.29, 0.717) is 23.9 Å². The molecule has 0 aliphatic carbocycles. The lowest BCUT2D eigenvalue weighted by Gasteiger charge is -2.32. The van der Waals surface area contributed by atoms with Crippen molar-refractivity contribution in [2.45, 2.75) is 51.4 Å². The summed E-state index contributed by atoms with van der Waals surface area (Å²) in [6, 6.07) is 12.1. The number of anilines is 1. The van der Waals surface area contributed by atoms with Crippen molar-refractivity contribution in [2.24, 2.45) is 4.99 Å². The number of hydrogen-bond donors (Lipinski definition) is 5. The Morgan fingerprint density at radius 3 is 2.38 bits per heavy atom. The molecule has 11 nitrogen and oxygen atoms in total. The molecule has 12 heteroatoms. The highest BCUT2D eigenvalue weighted by Gasteiger charge is 2.36. The van der Waals surface area contributed by atoms with E-state index in [1.807, 2.05) is 12.1 Å². The Balaban J connectivity index is 1.37. The third-order valence-electron chi connectivity index (χ3n) is 8.28. The molecule has 0 saturated carbocycles. The average Bonchev–Trinajstić information content (AvgIpc) is 3.01. The van der Waals surface area contributed by atoms with Gasteiger partial charge in [0, 0.05) is 17.9 Å². The summed E-state index contributed by atoms with van der Waals surface area (Å²) in [5, 5.41) is 37.1. The number of nitriles is 1. The van der Waals surface area contributed by atoms with Crippen LogP contribution >= 0.6 is 0 Å². The first-order valence-electron chi connectivity index (χ1n) is 14.9. The van der Waals surface area contributed by atoms with Crippen LogP contribution in [0, 0.1) is 17.3 Å². The van der Waals surface area contributed by atoms with Crippen LogP contribution in [0.2, 0.25) is 0 Å². The Hall–Kier alpha value is -4.89. The second kappa shape index (κ2) is 15.2. The average molecular weight is 619 g/mol. The summed E-state index contributed by atoms with van der Waals surface area (Å²) < 4.78 is 20.3. The number of unbranched alkanes of at least 4 members (excludes halogenated alkanes) is 1. The second-order valence-corrected chi connectivity index (χ2v) is 11.2. The Bertz CT molecular complexity index is 1520. The molecule has 1 fully saturated rings. The summed E-state index contributed by atoms with van der Waals surface area (Å²) in [5.41, 5.74) is 1.80. The Morgan fingerprint density at radius 1 is 1.07 bits per heavy atom. The molecule has 0 radical (unpaired) electrons. The van der Waals surface area contributed by atoms with Crippen molar-refractivity contribution < 1.29 is 28.9 Å². The van der Waals surface area contributed by atoms with E-state index in [1.54, 1.807) is 27.2 Å². The standard InChI is InChI=1S/C33H39FN6O5/c1-20-28(31(41)42)30(29(32(43)44)21(2)38-20)24-9-10-26(34)27(18-24)39-33(37-19-35)36-13-4-5-14-40-15-11-22(12-16-40)23-7-6-8-25(17-23)45-3/h6-10,17-18,22,30,38H,4-5,11-16H2,1-3H3,(H,41,42)(H,43,44)(H2,36,37,39). The van der Waals surface area contributed by atoms with Crippen molar-refractivity contribution in [3.8, 4) is 11.9 Å². The van der Waals surface area contributed by atoms with Crippen LogP contribution in [-0.4, -0.2) is 66.3 Å². The molecular formula is C33H39FN6O5. The maximum absolute atomic E-state index is 14.9. The van der Waals surface area contributed by atoms with Crippen molar-refractivity contribution >= 4 is 23.6 Å². The van der Waals surface area contributed by atoms with Gasteiger partial charge in [0.25, 0.3) is 0 Å². The number of carbonyl (C=O) groups is 2. The second-order valence-electron chi connectivity index (χ2n) is 11.2. The number of carboxylic acid groups (broad SMARTS) is 2. The third kappa shape index (κ3) is 8.19. The lowest BCUT2D eigenvalue weighted by Crippen LogP contribution is -2.33. The van der Waals surface area contributed by atoms with Crippen LogP contribution in [-0.2, 0) is 9.59 Å². The summed E-state index contributed by atoms with van der Waals surface area (Å²) in [4.78, 5) is 31.1. The molecule has 238 valence electrons. The summed E-state index contributed by atoms with van der Waals surface area (Å²) in [6.45, 7) is 6.44. The predicted octanol–water partition coefficient (Wildman–Crippen LogP) is 4.74. The molecule has 0 unspecified atom stereocenters. The van der Waals surface area contributed by atoms with Gasteiger partial charge in [0.15, 0.2) is 6.19 Å². The first kappa shape index (κ1) is 33.0. The van der Waals surface area contributed by atoms with Gasteiger partial charge < -0.3 is 30.5 Å². The lowest BCUT2D eigenvalue weighted by molar-refractivity contribution is -0.133. The van der Waals surface area contributed by atoms with Gasteiger partial charge in [-0.25, -0.2) is 14.0 Å². The number of methoxy groups -OCH3 is 1. The number of likely N-dealkylation sites (tertiary alicyclic amines) is 1. The number of aliphatic imine (C=N–C) groups is 1. The van der Waals surface area contributed by atoms with E-state index in [-0.39, 0.29) is 28.4 Å². The molecule has 45 heavy (non-hydrogen) atoms. The van der Waals surface area contributed by atoms with E-state index < -0.39 is 23.7 Å². The van der Waals surface area contributed by atoms with Gasteiger partial charge in [-0.2, -0.15) is 5.26 Å². The molecule has 2 aromatic carbocycles. The Labute approximate surface area is 262 Å². The van der Waals surface area contributed by atoms with E-state index in [2.05, 4.69) is 38.0 Å². The predicted molar refractivity (Wildman–Crippen MR) is 168 cm³/mol. The summed E-state index contributed by atoms with van der Waals surface area (Å²) in [7, 11) is 1.68. The minimum atomic E-state index is -1.29. The monoisotopic (exact) mass is 618 g/mol. The van der Waals surface area contributed by atoms with Crippen molar-refractivity contribution in [3.63, 3.8) is 0 Å². The molecule has 0 atom stereocenters. The van der Waals surface area contributed by atoms with E-state index in [1.165, 1.54) is 17.7 Å². The molecule has 1 saturated heterocycles. The molecule has 4 rings (SSSR count). The number of rotatable bonds is 11. The maximum atomic E-state index is 14.9. The number of piperidine rings is 1. The number of halogens is 1. The molecule has 2 aliphatic rings. The largest absolute Gasteiger partial charge is 0.497 e. The first-order chi connectivity index (χ1) is 21.6. The van der Waals surface area contributed by atoms with E-state index >= 15 is 0 Å². The number of aliphatic carboxylic acids is 2. The number of ether oxygens (including phenoxy) is 1. The number of hydrogen-bond acceptors (Lipinski definition) is 7. The molecular weight excluding hydrogens is 579 g/mol. The molecule has 2 aromatic rings. The number of dihydropyridines is 1. The fraction of sp³-hybridized carbons (Fsp3) is 0.394. The van der Waals surface area contributed by atoms with E-state index in [0.717, 1.165) is 57.1 Å². The van der Waals surface area contributed by atoms with Crippen molar-refractivity contribution in [3.05, 3.63) is 81.9 Å². The number of allylic oxidation sites excluding steroid dienone is 2. The zero-order valence-electron chi connectivity index (χ0n) is 25.7. The van der Waals surface area contributed by atoms with Gasteiger partial charge in [0.05, 0.1) is 29.9 Å². The van der Waals surface area contributed by atoms with Gasteiger partial charge in [-0.1, -0.05) is 18.2 Å². The van der Waals surface area contributed by atoms with Gasteiger partial charge in [0.1, 0.15) is 11.6 Å². The van der Waals surface area contributed by atoms with Crippen molar-refractivity contribution in [2.75, 3.05) is 38.6 Å². The number of nitrogens with one attached hydrogen (secondary N) is 3. The Morgan fingerprint density at radius 2 is 1.76 bits per heavy atom. The van der Waals surface area contributed by atoms with Gasteiger partial charge in [-0.05, 0) is 100 Å². The molecule has 2 aliphatic heterocycles.